The molecular formula is C19H20ClNO5S. The third-order valence-corrected chi connectivity index (χ3v) is 5.10. The number of H-pyrrole nitrogens is 1. The lowest BCUT2D eigenvalue weighted by atomic mass is 10.1. The number of carbonyl (C=O) groups is 3. The van der Waals surface area contributed by atoms with Crippen LogP contribution in [0.15, 0.2) is 24.3 Å². The molecule has 0 aliphatic heterocycles. The molecule has 27 heavy (non-hydrogen) atoms. The molecule has 1 aromatic carbocycles. The smallest absolute Gasteiger partial charge is 0.339 e. The molecule has 0 amide bonds. The molecule has 2 aromatic rings. The summed E-state index contributed by atoms with van der Waals surface area (Å²) in [7, 11) is 1.28. The lowest BCUT2D eigenvalue weighted by Gasteiger charge is -2.05. The third kappa shape index (κ3) is 5.61. The molecule has 0 spiro atoms. The molecule has 0 radical (unpaired) electrons. The zero-order chi connectivity index (χ0) is 20.0. The van der Waals surface area contributed by atoms with Gasteiger partial charge in [-0.05, 0) is 37.1 Å². The first-order valence-electron chi connectivity index (χ1n) is 8.12. The van der Waals surface area contributed by atoms with Gasteiger partial charge in [0.25, 0.3) is 0 Å². The van der Waals surface area contributed by atoms with Crippen LogP contribution < -0.4 is 0 Å². The minimum atomic E-state index is -0.518. The van der Waals surface area contributed by atoms with Gasteiger partial charge in [-0.1, -0.05) is 23.7 Å². The van der Waals surface area contributed by atoms with Crippen molar-refractivity contribution in [3.05, 3.63) is 57.4 Å². The number of nitrogens with one attached hydrogen (secondary N) is 1. The van der Waals surface area contributed by atoms with Crippen molar-refractivity contribution in [1.82, 2.24) is 4.98 Å². The van der Waals surface area contributed by atoms with Gasteiger partial charge in [-0.2, -0.15) is 0 Å². The molecule has 8 heteroatoms. The number of aryl methyl sites for hydroxylation is 1. The molecule has 2 rings (SSSR count). The van der Waals surface area contributed by atoms with E-state index >= 15 is 0 Å². The maximum Gasteiger partial charge on any atom is 0.339 e. The monoisotopic (exact) mass is 409 g/mol. The number of halogens is 1. The first-order chi connectivity index (χ1) is 12.8. The van der Waals surface area contributed by atoms with E-state index in [-0.39, 0.29) is 18.1 Å². The number of benzene rings is 1. The zero-order valence-electron chi connectivity index (χ0n) is 15.3. The van der Waals surface area contributed by atoms with Gasteiger partial charge in [0, 0.05) is 16.5 Å². The molecule has 0 fully saturated rings. The number of methoxy groups -OCH3 is 1. The first-order valence-corrected chi connectivity index (χ1v) is 9.65. The van der Waals surface area contributed by atoms with E-state index in [2.05, 4.69) is 4.98 Å². The molecule has 6 nitrogen and oxygen atoms in total. The van der Waals surface area contributed by atoms with E-state index in [1.807, 2.05) is 12.1 Å². The summed E-state index contributed by atoms with van der Waals surface area (Å²) in [6, 6.07) is 7.36. The Hall–Kier alpha value is -2.25. The summed E-state index contributed by atoms with van der Waals surface area (Å²) in [4.78, 5) is 38.8. The second kappa shape index (κ2) is 9.62. The normalized spacial score (nSPS) is 10.5. The standard InChI is InChI=1S/C19H20ClNO5S/c1-11-17(19(24)25-3)12(2)21-18(11)15(22)8-26-16(23)10-27-9-13-4-6-14(20)7-5-13/h4-7,21H,8-10H2,1-3H3. The Labute approximate surface area is 166 Å². The van der Waals surface area contributed by atoms with Gasteiger partial charge in [0.15, 0.2) is 6.61 Å². The van der Waals surface area contributed by atoms with Gasteiger partial charge >= 0.3 is 11.9 Å². The maximum absolute atomic E-state index is 12.3. The number of carbonyl (C=O) groups excluding carboxylic acids is 3. The Bertz CT molecular complexity index is 845. The average Bonchev–Trinajstić information content (AvgIpc) is 2.95. The van der Waals surface area contributed by atoms with Gasteiger partial charge in [0.05, 0.1) is 24.1 Å². The molecule has 0 unspecified atom stereocenters. The van der Waals surface area contributed by atoms with E-state index in [4.69, 9.17) is 21.1 Å². The minimum Gasteiger partial charge on any atom is -0.465 e. The summed E-state index contributed by atoms with van der Waals surface area (Å²) in [5, 5.41) is 0.659. The van der Waals surface area contributed by atoms with Crippen LogP contribution in [0, 0.1) is 13.8 Å². The second-order valence-electron chi connectivity index (χ2n) is 5.82. The van der Waals surface area contributed by atoms with Crippen LogP contribution in [-0.4, -0.2) is 42.2 Å². The van der Waals surface area contributed by atoms with Crippen molar-refractivity contribution in [2.45, 2.75) is 19.6 Å². The van der Waals surface area contributed by atoms with E-state index in [9.17, 15) is 14.4 Å². The van der Waals surface area contributed by atoms with Gasteiger partial charge in [-0.15, -0.1) is 11.8 Å². The molecule has 1 N–H and O–H groups in total. The number of esters is 2. The highest BCUT2D eigenvalue weighted by Gasteiger charge is 2.23. The molecule has 0 saturated carbocycles. The molecule has 0 bridgehead atoms. The topological polar surface area (TPSA) is 85.5 Å². The number of ether oxygens (including phenoxy) is 2. The predicted octanol–water partition coefficient (Wildman–Crippen LogP) is 3.73. The van der Waals surface area contributed by atoms with Crippen molar-refractivity contribution >= 4 is 41.1 Å². The summed E-state index contributed by atoms with van der Waals surface area (Å²) >= 11 is 7.21. The molecule has 1 aromatic heterocycles. The molecule has 144 valence electrons. The molecule has 0 saturated heterocycles. The number of hydrogen-bond donors (Lipinski definition) is 1. The highest BCUT2D eigenvalue weighted by molar-refractivity contribution is 7.99. The van der Waals surface area contributed by atoms with Crippen LogP contribution in [-0.2, 0) is 20.0 Å². The van der Waals surface area contributed by atoms with Crippen LogP contribution >= 0.6 is 23.4 Å². The van der Waals surface area contributed by atoms with Crippen molar-refractivity contribution in [3.63, 3.8) is 0 Å². The summed E-state index contributed by atoms with van der Waals surface area (Å²) in [6.07, 6.45) is 0. The Balaban J connectivity index is 1.83. The highest BCUT2D eigenvalue weighted by Crippen LogP contribution is 2.20. The number of aromatic nitrogens is 1. The van der Waals surface area contributed by atoms with Crippen molar-refractivity contribution in [2.24, 2.45) is 0 Å². The Morgan fingerprint density at radius 1 is 1.15 bits per heavy atom. The molecular weight excluding hydrogens is 390 g/mol. The largest absolute Gasteiger partial charge is 0.465 e. The quantitative estimate of drug-likeness (QED) is 0.528. The minimum absolute atomic E-state index is 0.131. The SMILES string of the molecule is COC(=O)c1c(C)[nH]c(C(=O)COC(=O)CSCc2ccc(Cl)cc2)c1C. The fraction of sp³-hybridized carbons (Fsp3) is 0.316. The fourth-order valence-corrected chi connectivity index (χ4v) is 3.44. The summed E-state index contributed by atoms with van der Waals surface area (Å²) < 4.78 is 9.75. The lowest BCUT2D eigenvalue weighted by Crippen LogP contribution is -2.16. The van der Waals surface area contributed by atoms with Gasteiger partial charge in [0.1, 0.15) is 0 Å². The Morgan fingerprint density at radius 3 is 2.44 bits per heavy atom. The Kier molecular flexibility index (Phi) is 7.50. The lowest BCUT2D eigenvalue weighted by molar-refractivity contribution is -0.139. The highest BCUT2D eigenvalue weighted by atomic mass is 35.5. The van der Waals surface area contributed by atoms with E-state index in [1.54, 1.807) is 26.0 Å². The van der Waals surface area contributed by atoms with E-state index in [0.29, 0.717) is 27.6 Å². The molecule has 0 atom stereocenters. The fourth-order valence-electron chi connectivity index (χ4n) is 2.53. The second-order valence-corrected chi connectivity index (χ2v) is 7.24. The molecule has 0 aliphatic rings. The van der Waals surface area contributed by atoms with E-state index < -0.39 is 17.7 Å². The van der Waals surface area contributed by atoms with Crippen LogP contribution in [0.1, 0.15) is 37.7 Å². The number of Topliss-reactive ketones (excluding diaryl/α,β-unsaturated/α-hetero) is 1. The number of ketones is 1. The van der Waals surface area contributed by atoms with Gasteiger partial charge in [-0.3, -0.25) is 9.59 Å². The van der Waals surface area contributed by atoms with Gasteiger partial charge in [-0.25, -0.2) is 4.79 Å². The zero-order valence-corrected chi connectivity index (χ0v) is 16.8. The maximum atomic E-state index is 12.3. The van der Waals surface area contributed by atoms with Crippen molar-refractivity contribution in [1.29, 1.82) is 0 Å². The predicted molar refractivity (Wildman–Crippen MR) is 105 cm³/mol. The summed E-state index contributed by atoms with van der Waals surface area (Å²) in [5.74, 6) is -0.627. The number of aromatic amines is 1. The first kappa shape index (κ1) is 21.1. The van der Waals surface area contributed by atoms with Gasteiger partial charge in [0.2, 0.25) is 5.78 Å². The summed E-state index contributed by atoms with van der Waals surface area (Å²) in [6.45, 7) is 2.93. The third-order valence-electron chi connectivity index (χ3n) is 3.87. The molecule has 0 aliphatic carbocycles. The Morgan fingerprint density at radius 2 is 1.81 bits per heavy atom. The van der Waals surface area contributed by atoms with E-state index in [1.165, 1.54) is 18.9 Å². The van der Waals surface area contributed by atoms with Crippen LogP contribution in [0.4, 0.5) is 0 Å². The van der Waals surface area contributed by atoms with Crippen LogP contribution in [0.3, 0.4) is 0 Å². The van der Waals surface area contributed by atoms with Crippen molar-refractivity contribution < 1.29 is 23.9 Å². The number of rotatable bonds is 8. The average molecular weight is 410 g/mol. The summed E-state index contributed by atoms with van der Waals surface area (Å²) in [5.41, 5.74) is 2.63. The van der Waals surface area contributed by atoms with E-state index in [0.717, 1.165) is 5.56 Å². The van der Waals surface area contributed by atoms with Gasteiger partial charge < -0.3 is 14.5 Å². The van der Waals surface area contributed by atoms with Crippen molar-refractivity contribution in [3.8, 4) is 0 Å². The van der Waals surface area contributed by atoms with Crippen LogP contribution in [0.2, 0.25) is 5.02 Å². The van der Waals surface area contributed by atoms with Crippen LogP contribution in [0.25, 0.3) is 0 Å². The number of hydrogen-bond acceptors (Lipinski definition) is 6. The van der Waals surface area contributed by atoms with Crippen molar-refractivity contribution in [2.75, 3.05) is 19.5 Å². The van der Waals surface area contributed by atoms with Crippen LogP contribution in [0.5, 0.6) is 0 Å². The number of thioether (sulfide) groups is 1. The molecule has 1 heterocycles.